The summed E-state index contributed by atoms with van der Waals surface area (Å²) in [6, 6.07) is 17.4. The van der Waals surface area contributed by atoms with E-state index in [0.717, 1.165) is 22.1 Å². The molecule has 0 bridgehead atoms. The fourth-order valence-corrected chi connectivity index (χ4v) is 5.41. The predicted octanol–water partition coefficient (Wildman–Crippen LogP) is 6.79. The number of aryl methyl sites for hydroxylation is 1. The summed E-state index contributed by atoms with van der Waals surface area (Å²) in [5.41, 5.74) is 10.9. The first-order valence-electron chi connectivity index (χ1n) is 14.7. The third-order valence-electron chi connectivity index (χ3n) is 7.96. The highest BCUT2D eigenvalue weighted by atomic mass is 19.3. The van der Waals surface area contributed by atoms with Gasteiger partial charge in [-0.3, -0.25) is 9.59 Å². The Morgan fingerprint density at radius 1 is 0.978 bits per heavy atom. The quantitative estimate of drug-likeness (QED) is 0.152. The zero-order chi connectivity index (χ0) is 32.4. The van der Waals surface area contributed by atoms with Gasteiger partial charge in [-0.2, -0.15) is 4.39 Å². The lowest BCUT2D eigenvalue weighted by atomic mass is 9.95. The fraction of sp³-hybridized carbons (Fsp3) is 0.200. The summed E-state index contributed by atoms with van der Waals surface area (Å²) in [5, 5.41) is 3.56. The van der Waals surface area contributed by atoms with Crippen LogP contribution in [-0.2, 0) is 11.3 Å². The minimum atomic E-state index is -2.74. The van der Waals surface area contributed by atoms with Crippen molar-refractivity contribution in [2.45, 2.75) is 32.2 Å². The second-order valence-electron chi connectivity index (χ2n) is 11.3. The van der Waals surface area contributed by atoms with Crippen LogP contribution in [0.25, 0.3) is 39.3 Å². The molecule has 3 aromatic heterocycles. The molecule has 11 heteroatoms. The molecule has 0 saturated carbocycles. The number of aromatic nitrogens is 2. The Bertz CT molecular complexity index is 1940. The van der Waals surface area contributed by atoms with Crippen molar-refractivity contribution in [3.8, 4) is 22.3 Å². The molecule has 0 unspecified atom stereocenters. The molecule has 0 spiro atoms. The molecule has 0 radical (unpaired) electrons. The summed E-state index contributed by atoms with van der Waals surface area (Å²) >= 11 is 0. The normalized spacial score (nSPS) is 14.6. The monoisotopic (exact) mass is 625 g/mol. The fourth-order valence-electron chi connectivity index (χ4n) is 5.41. The van der Waals surface area contributed by atoms with Crippen LogP contribution in [0.15, 0.2) is 83.6 Å². The van der Waals surface area contributed by atoms with Crippen LogP contribution in [0.1, 0.15) is 40.1 Å². The number of fused-ring (bicyclic) bond motifs is 1. The first-order chi connectivity index (χ1) is 22.0. The molecule has 8 nitrogen and oxygen atoms in total. The average molecular weight is 626 g/mol. The number of benzene rings is 2. The summed E-state index contributed by atoms with van der Waals surface area (Å²) in [6.07, 6.45) is 5.35. The Labute approximate surface area is 262 Å². The van der Waals surface area contributed by atoms with E-state index in [2.05, 4.69) is 15.3 Å². The molecule has 46 heavy (non-hydrogen) atoms. The number of piperidine rings is 1. The van der Waals surface area contributed by atoms with Gasteiger partial charge in [-0.25, -0.2) is 18.7 Å². The number of nitrogens with zero attached hydrogens (tertiary/aromatic N) is 3. The van der Waals surface area contributed by atoms with Crippen molar-refractivity contribution >= 4 is 34.7 Å². The second kappa shape index (κ2) is 12.5. The summed E-state index contributed by atoms with van der Waals surface area (Å²) in [4.78, 5) is 34.8. The van der Waals surface area contributed by atoms with Crippen LogP contribution < -0.4 is 11.1 Å². The number of hydrogen-bond acceptors (Lipinski definition) is 6. The Morgan fingerprint density at radius 2 is 1.74 bits per heavy atom. The molecule has 2 aromatic carbocycles. The standard InChI is InChI=1S/C35H30F3N5O3/c1-21-14-30(36)40-20-29(21)28-17-25(23-4-6-24(7-5-23)34(45)43-12-10-35(37,38)11-13-43)15-26-16-27(46-33(26)28)19-42-32(44)9-3-22-2-8-31(39)41-18-22/h2-9,14-18,20H,10-13,19H2,1H3,(H2,39,41)(H,42,44). The molecule has 0 aliphatic carbocycles. The van der Waals surface area contributed by atoms with Gasteiger partial charge in [-0.15, -0.1) is 0 Å². The van der Waals surface area contributed by atoms with Crippen LogP contribution in [0.5, 0.6) is 0 Å². The van der Waals surface area contributed by atoms with Crippen molar-refractivity contribution in [1.29, 1.82) is 0 Å². The van der Waals surface area contributed by atoms with Gasteiger partial charge in [0.15, 0.2) is 0 Å². The number of carbonyl (C=O) groups excluding carboxylic acids is 2. The summed E-state index contributed by atoms with van der Waals surface area (Å²) in [7, 11) is 0. The maximum Gasteiger partial charge on any atom is 0.253 e. The number of rotatable bonds is 7. The van der Waals surface area contributed by atoms with Gasteiger partial charge in [0.25, 0.3) is 11.8 Å². The molecule has 234 valence electrons. The van der Waals surface area contributed by atoms with Gasteiger partial charge in [-0.1, -0.05) is 12.1 Å². The van der Waals surface area contributed by atoms with Crippen molar-refractivity contribution in [1.82, 2.24) is 20.2 Å². The van der Waals surface area contributed by atoms with E-state index in [1.54, 1.807) is 55.6 Å². The van der Waals surface area contributed by atoms with Crippen LogP contribution >= 0.6 is 0 Å². The summed E-state index contributed by atoms with van der Waals surface area (Å²) in [6.45, 7) is 1.92. The van der Waals surface area contributed by atoms with Gasteiger partial charge in [0.1, 0.15) is 17.2 Å². The van der Waals surface area contributed by atoms with Crippen LogP contribution in [0.3, 0.4) is 0 Å². The Morgan fingerprint density at radius 3 is 2.43 bits per heavy atom. The molecule has 2 amide bonds. The highest BCUT2D eigenvalue weighted by molar-refractivity contribution is 5.98. The number of alkyl halides is 2. The van der Waals surface area contributed by atoms with Crippen LogP contribution in [-0.4, -0.2) is 45.7 Å². The van der Waals surface area contributed by atoms with E-state index in [9.17, 15) is 22.8 Å². The van der Waals surface area contributed by atoms with Crippen molar-refractivity contribution in [3.63, 3.8) is 0 Å². The first-order valence-corrected chi connectivity index (χ1v) is 14.7. The lowest BCUT2D eigenvalue weighted by Gasteiger charge is -2.31. The zero-order valence-corrected chi connectivity index (χ0v) is 24.9. The molecular formula is C35H30F3N5O3. The minimum Gasteiger partial charge on any atom is -0.459 e. The molecule has 1 aliphatic rings. The van der Waals surface area contributed by atoms with Crippen molar-refractivity contribution in [2.24, 2.45) is 0 Å². The number of anilines is 1. The maximum atomic E-state index is 13.9. The SMILES string of the molecule is Cc1cc(F)ncc1-c1cc(-c2ccc(C(=O)N3CCC(F)(F)CC3)cc2)cc2cc(CNC(=O)C=Cc3ccc(N)nc3)oc12. The van der Waals surface area contributed by atoms with E-state index in [1.807, 2.05) is 18.2 Å². The molecular weight excluding hydrogens is 595 g/mol. The van der Waals surface area contributed by atoms with Gasteiger partial charge in [0, 0.05) is 66.5 Å². The van der Waals surface area contributed by atoms with E-state index in [-0.39, 0.29) is 44.3 Å². The first kappa shape index (κ1) is 30.6. The van der Waals surface area contributed by atoms with E-state index in [1.165, 1.54) is 23.2 Å². The lowest BCUT2D eigenvalue weighted by molar-refractivity contribution is -0.116. The van der Waals surface area contributed by atoms with E-state index in [0.29, 0.717) is 39.4 Å². The molecule has 1 fully saturated rings. The number of likely N-dealkylation sites (tertiary alicyclic amines) is 1. The van der Waals surface area contributed by atoms with E-state index >= 15 is 0 Å². The number of furan rings is 1. The lowest BCUT2D eigenvalue weighted by Crippen LogP contribution is -2.42. The van der Waals surface area contributed by atoms with E-state index in [4.69, 9.17) is 10.2 Å². The van der Waals surface area contributed by atoms with Gasteiger partial charge < -0.3 is 20.4 Å². The molecule has 4 heterocycles. The number of hydrogen-bond donors (Lipinski definition) is 2. The molecule has 1 saturated heterocycles. The average Bonchev–Trinajstić information content (AvgIpc) is 3.46. The third kappa shape index (κ3) is 6.78. The van der Waals surface area contributed by atoms with E-state index < -0.39 is 11.9 Å². The Balaban J connectivity index is 1.27. The van der Waals surface area contributed by atoms with Gasteiger partial charge in [-0.05, 0) is 83.8 Å². The van der Waals surface area contributed by atoms with Crippen LogP contribution in [0.2, 0.25) is 0 Å². The van der Waals surface area contributed by atoms with Gasteiger partial charge in [0.2, 0.25) is 11.9 Å². The maximum absolute atomic E-state index is 13.9. The van der Waals surface area contributed by atoms with Gasteiger partial charge >= 0.3 is 0 Å². The van der Waals surface area contributed by atoms with Crippen molar-refractivity contribution < 1.29 is 27.2 Å². The van der Waals surface area contributed by atoms with Crippen molar-refractivity contribution in [3.05, 3.63) is 108 Å². The Hall–Kier alpha value is -5.45. The molecule has 5 aromatic rings. The topological polar surface area (TPSA) is 114 Å². The number of nitrogens with one attached hydrogen (secondary N) is 1. The zero-order valence-electron chi connectivity index (χ0n) is 24.9. The Kier molecular flexibility index (Phi) is 8.31. The number of nitrogens with two attached hydrogens (primary N) is 1. The summed E-state index contributed by atoms with van der Waals surface area (Å²) < 4.78 is 47.3. The number of amides is 2. The number of halogens is 3. The third-order valence-corrected chi connectivity index (χ3v) is 7.96. The molecule has 1 aliphatic heterocycles. The van der Waals surface area contributed by atoms with Crippen molar-refractivity contribution in [2.75, 3.05) is 18.8 Å². The molecule has 3 N–H and O–H groups in total. The largest absolute Gasteiger partial charge is 0.459 e. The van der Waals surface area contributed by atoms with Crippen LogP contribution in [0.4, 0.5) is 19.0 Å². The molecule has 0 atom stereocenters. The minimum absolute atomic E-state index is 0.0122. The predicted molar refractivity (Wildman–Crippen MR) is 169 cm³/mol. The highest BCUT2D eigenvalue weighted by Crippen LogP contribution is 2.37. The highest BCUT2D eigenvalue weighted by Gasteiger charge is 2.35. The second-order valence-corrected chi connectivity index (χ2v) is 11.3. The number of pyridine rings is 2. The van der Waals surface area contributed by atoms with Crippen LogP contribution in [0, 0.1) is 12.9 Å². The molecule has 6 rings (SSSR count). The number of carbonyl (C=O) groups is 2. The summed E-state index contributed by atoms with van der Waals surface area (Å²) in [5.74, 6) is -3.06. The van der Waals surface area contributed by atoms with Gasteiger partial charge in [0.05, 0.1) is 6.54 Å². The number of nitrogen functional groups attached to an aromatic ring is 1. The smallest absolute Gasteiger partial charge is 0.253 e.